The predicted octanol–water partition coefficient (Wildman–Crippen LogP) is 1.58. The molecule has 0 heterocycles. The highest BCUT2D eigenvalue weighted by atomic mass is 16.6. The van der Waals surface area contributed by atoms with Gasteiger partial charge in [0.15, 0.2) is 0 Å². The Morgan fingerprint density at radius 1 is 1.18 bits per heavy atom. The van der Waals surface area contributed by atoms with E-state index in [-0.39, 0.29) is 18.3 Å². The lowest BCUT2D eigenvalue weighted by molar-refractivity contribution is -0.153. The lowest BCUT2D eigenvalue weighted by Crippen LogP contribution is -2.59. The van der Waals surface area contributed by atoms with E-state index in [4.69, 9.17) is 14.2 Å². The molecule has 0 amide bonds. The third-order valence-corrected chi connectivity index (χ3v) is 3.00. The maximum atomic E-state index is 5.79. The van der Waals surface area contributed by atoms with Crippen LogP contribution in [0.5, 0.6) is 0 Å². The van der Waals surface area contributed by atoms with Crippen molar-refractivity contribution in [3.63, 3.8) is 0 Å². The summed E-state index contributed by atoms with van der Waals surface area (Å²) >= 11 is 0. The molecule has 0 aromatic carbocycles. The Morgan fingerprint density at radius 3 is 2.53 bits per heavy atom. The van der Waals surface area contributed by atoms with Crippen molar-refractivity contribution in [3.8, 4) is 0 Å². The molecule has 0 aliphatic heterocycles. The summed E-state index contributed by atoms with van der Waals surface area (Å²) in [6, 6.07) is 0.442. The molecule has 0 aromatic rings. The summed E-state index contributed by atoms with van der Waals surface area (Å²) in [5.74, 6) is 0. The van der Waals surface area contributed by atoms with Crippen molar-refractivity contribution in [2.24, 2.45) is 0 Å². The minimum absolute atomic E-state index is 0.207. The molecule has 1 rings (SSSR count). The molecule has 1 N–H and O–H groups in total. The monoisotopic (exact) mass is 245 g/mol. The fourth-order valence-electron chi connectivity index (χ4n) is 1.99. The van der Waals surface area contributed by atoms with Crippen LogP contribution in [0.2, 0.25) is 0 Å². The van der Waals surface area contributed by atoms with E-state index in [0.717, 1.165) is 19.4 Å². The van der Waals surface area contributed by atoms with E-state index < -0.39 is 0 Å². The van der Waals surface area contributed by atoms with Gasteiger partial charge in [-0.1, -0.05) is 6.92 Å². The number of likely N-dealkylation sites (N-methyl/N-ethyl adjacent to an activating group) is 1. The molecule has 4 nitrogen and oxygen atoms in total. The molecule has 0 radical (unpaired) electrons. The van der Waals surface area contributed by atoms with Crippen LogP contribution in [0.25, 0.3) is 0 Å². The van der Waals surface area contributed by atoms with Crippen molar-refractivity contribution in [3.05, 3.63) is 0 Å². The van der Waals surface area contributed by atoms with Crippen LogP contribution >= 0.6 is 0 Å². The normalized spacial score (nSPS) is 28.4. The van der Waals surface area contributed by atoms with E-state index in [1.54, 1.807) is 0 Å². The van der Waals surface area contributed by atoms with Gasteiger partial charge in [-0.25, -0.2) is 0 Å². The van der Waals surface area contributed by atoms with Gasteiger partial charge < -0.3 is 19.5 Å². The average Bonchev–Trinajstić information content (AvgIpc) is 2.27. The van der Waals surface area contributed by atoms with Crippen LogP contribution in [0.15, 0.2) is 0 Å². The third kappa shape index (κ3) is 4.92. The molecule has 1 aliphatic carbocycles. The van der Waals surface area contributed by atoms with Crippen molar-refractivity contribution in [2.45, 2.75) is 58.0 Å². The van der Waals surface area contributed by atoms with Crippen LogP contribution < -0.4 is 5.32 Å². The van der Waals surface area contributed by atoms with Gasteiger partial charge >= 0.3 is 0 Å². The molecule has 17 heavy (non-hydrogen) atoms. The van der Waals surface area contributed by atoms with Crippen molar-refractivity contribution in [2.75, 3.05) is 26.9 Å². The third-order valence-electron chi connectivity index (χ3n) is 3.00. The van der Waals surface area contributed by atoms with Crippen LogP contribution in [-0.2, 0) is 14.2 Å². The van der Waals surface area contributed by atoms with Crippen LogP contribution in [0.1, 0.15) is 33.6 Å². The predicted molar refractivity (Wildman–Crippen MR) is 68.3 cm³/mol. The Kier molecular flexibility index (Phi) is 7.04. The van der Waals surface area contributed by atoms with Crippen molar-refractivity contribution in [1.29, 1.82) is 0 Å². The zero-order valence-electron chi connectivity index (χ0n) is 11.6. The van der Waals surface area contributed by atoms with E-state index in [1.807, 2.05) is 20.9 Å². The Balaban J connectivity index is 2.15. The first-order valence-corrected chi connectivity index (χ1v) is 6.71. The highest BCUT2D eigenvalue weighted by molar-refractivity contribution is 4.96. The summed E-state index contributed by atoms with van der Waals surface area (Å²) in [5, 5.41) is 3.26. The first-order valence-electron chi connectivity index (χ1n) is 6.71. The standard InChI is InChI=1S/C13H27NO3/c1-5-6-17-13-11(14-4)9-12(13)16-8-7-15-10(2)3/h10-14H,5-9H2,1-4H3. The van der Waals surface area contributed by atoms with Crippen LogP contribution in [0.4, 0.5) is 0 Å². The van der Waals surface area contributed by atoms with E-state index in [9.17, 15) is 0 Å². The number of nitrogens with one attached hydrogen (secondary N) is 1. The van der Waals surface area contributed by atoms with Gasteiger partial charge in [-0.2, -0.15) is 0 Å². The smallest absolute Gasteiger partial charge is 0.0990 e. The second-order valence-electron chi connectivity index (χ2n) is 4.80. The molecule has 0 saturated heterocycles. The number of ether oxygens (including phenoxy) is 3. The Hall–Kier alpha value is -0.160. The molecule has 3 unspecified atom stereocenters. The van der Waals surface area contributed by atoms with E-state index in [0.29, 0.717) is 19.3 Å². The summed E-state index contributed by atoms with van der Waals surface area (Å²) in [7, 11) is 1.98. The summed E-state index contributed by atoms with van der Waals surface area (Å²) in [6.45, 7) is 8.33. The van der Waals surface area contributed by atoms with Gasteiger partial charge in [0.25, 0.3) is 0 Å². The van der Waals surface area contributed by atoms with Gasteiger partial charge in [0.1, 0.15) is 0 Å². The van der Waals surface area contributed by atoms with Gasteiger partial charge in [-0.05, 0) is 33.7 Å². The first kappa shape index (κ1) is 14.9. The van der Waals surface area contributed by atoms with E-state index >= 15 is 0 Å². The summed E-state index contributed by atoms with van der Waals surface area (Å²) in [6.07, 6.45) is 2.80. The SMILES string of the molecule is CCCOC1C(NC)CC1OCCOC(C)C. The van der Waals surface area contributed by atoms with E-state index in [1.165, 1.54) is 0 Å². The molecule has 0 aromatic heterocycles. The molecular weight excluding hydrogens is 218 g/mol. The maximum Gasteiger partial charge on any atom is 0.0990 e. The quantitative estimate of drug-likeness (QED) is 0.626. The minimum atomic E-state index is 0.207. The molecule has 4 heteroatoms. The van der Waals surface area contributed by atoms with Crippen LogP contribution in [-0.4, -0.2) is 51.2 Å². The van der Waals surface area contributed by atoms with Crippen LogP contribution in [0, 0.1) is 0 Å². The zero-order valence-corrected chi connectivity index (χ0v) is 11.6. The Morgan fingerprint density at radius 2 is 1.94 bits per heavy atom. The Bertz CT molecular complexity index is 199. The van der Waals surface area contributed by atoms with Gasteiger partial charge in [0.2, 0.25) is 0 Å². The molecular formula is C13H27NO3. The summed E-state index contributed by atoms with van der Waals surface area (Å²) in [4.78, 5) is 0. The maximum absolute atomic E-state index is 5.79. The molecule has 0 bridgehead atoms. The average molecular weight is 245 g/mol. The topological polar surface area (TPSA) is 39.7 Å². The van der Waals surface area contributed by atoms with Gasteiger partial charge in [-0.3, -0.25) is 0 Å². The number of rotatable bonds is 9. The molecule has 1 saturated carbocycles. The summed E-state index contributed by atoms with van der Waals surface area (Å²) < 4.78 is 17.0. The van der Waals surface area contributed by atoms with Crippen molar-refractivity contribution < 1.29 is 14.2 Å². The van der Waals surface area contributed by atoms with Gasteiger partial charge in [0, 0.05) is 12.6 Å². The van der Waals surface area contributed by atoms with E-state index in [2.05, 4.69) is 12.2 Å². The summed E-state index contributed by atoms with van der Waals surface area (Å²) in [5.41, 5.74) is 0. The zero-order chi connectivity index (χ0) is 12.7. The molecule has 102 valence electrons. The van der Waals surface area contributed by atoms with Crippen molar-refractivity contribution >= 4 is 0 Å². The lowest BCUT2D eigenvalue weighted by Gasteiger charge is -2.43. The molecule has 0 spiro atoms. The molecule has 1 aliphatic rings. The highest BCUT2D eigenvalue weighted by Crippen LogP contribution is 2.27. The Labute approximate surface area is 105 Å². The largest absolute Gasteiger partial charge is 0.376 e. The number of hydrogen-bond acceptors (Lipinski definition) is 4. The minimum Gasteiger partial charge on any atom is -0.376 e. The highest BCUT2D eigenvalue weighted by Gasteiger charge is 2.41. The van der Waals surface area contributed by atoms with Gasteiger partial charge in [-0.15, -0.1) is 0 Å². The molecule has 1 fully saturated rings. The fraction of sp³-hybridized carbons (Fsp3) is 1.00. The number of hydrogen-bond donors (Lipinski definition) is 1. The molecule has 3 atom stereocenters. The second kappa shape index (κ2) is 8.03. The van der Waals surface area contributed by atoms with Gasteiger partial charge in [0.05, 0.1) is 31.5 Å². The second-order valence-corrected chi connectivity index (χ2v) is 4.80. The first-order chi connectivity index (χ1) is 8.19. The fourth-order valence-corrected chi connectivity index (χ4v) is 1.99. The van der Waals surface area contributed by atoms with Crippen molar-refractivity contribution in [1.82, 2.24) is 5.32 Å². The van der Waals surface area contributed by atoms with Crippen LogP contribution in [0.3, 0.4) is 0 Å². The lowest BCUT2D eigenvalue weighted by atomic mass is 9.85.